The maximum absolute atomic E-state index is 12.5. The number of rotatable bonds is 4. The molecule has 2 fully saturated rings. The number of nitrogens with one attached hydrogen (secondary N) is 1. The zero-order valence-electron chi connectivity index (χ0n) is 18.8. The number of nitrogens with zero attached hydrogens (tertiary/aromatic N) is 3. The van der Waals surface area contributed by atoms with Gasteiger partial charge in [-0.25, -0.2) is 4.79 Å². The monoisotopic (exact) mass is 440 g/mol. The molecule has 3 unspecified atom stereocenters. The Morgan fingerprint density at radius 3 is 2.81 bits per heavy atom. The van der Waals surface area contributed by atoms with E-state index in [9.17, 15) is 9.90 Å². The summed E-state index contributed by atoms with van der Waals surface area (Å²) in [5.74, 6) is 0.860. The Hall–Kier alpha value is -2.58. The summed E-state index contributed by atoms with van der Waals surface area (Å²) >= 11 is 0. The Labute approximate surface area is 188 Å². The van der Waals surface area contributed by atoms with E-state index in [1.54, 1.807) is 4.90 Å². The molecule has 0 bridgehead atoms. The van der Waals surface area contributed by atoms with Crippen molar-refractivity contribution in [2.75, 3.05) is 25.1 Å². The van der Waals surface area contributed by atoms with E-state index in [1.807, 2.05) is 29.2 Å². The van der Waals surface area contributed by atoms with Gasteiger partial charge in [0, 0.05) is 35.5 Å². The van der Waals surface area contributed by atoms with E-state index in [4.69, 9.17) is 9.47 Å². The summed E-state index contributed by atoms with van der Waals surface area (Å²) in [5.41, 5.74) is 3.89. The molecule has 8 nitrogen and oxygen atoms in total. The number of amides is 1. The number of aliphatic hydroxyl groups is 1. The van der Waals surface area contributed by atoms with Crippen LogP contribution in [0.15, 0.2) is 24.5 Å². The largest absolute Gasteiger partial charge is 0.489 e. The fraction of sp³-hybridized carbons (Fsp3) is 0.583. The molecule has 0 radical (unpaired) electrons. The number of piperidine rings is 1. The van der Waals surface area contributed by atoms with E-state index in [1.165, 1.54) is 13.5 Å². The number of benzene rings is 1. The molecule has 32 heavy (non-hydrogen) atoms. The number of hydrogen-bond donors (Lipinski definition) is 2. The molecule has 1 saturated carbocycles. The van der Waals surface area contributed by atoms with Crippen molar-refractivity contribution in [2.45, 2.75) is 69.7 Å². The molecule has 5 rings (SSSR count). The van der Waals surface area contributed by atoms with E-state index >= 15 is 0 Å². The summed E-state index contributed by atoms with van der Waals surface area (Å²) in [4.78, 5) is 14.3. The summed E-state index contributed by atoms with van der Waals surface area (Å²) in [5, 5.41) is 18.2. The van der Waals surface area contributed by atoms with Gasteiger partial charge in [-0.15, -0.1) is 0 Å². The van der Waals surface area contributed by atoms with Gasteiger partial charge >= 0.3 is 6.09 Å². The van der Waals surface area contributed by atoms with E-state index in [0.717, 1.165) is 66.8 Å². The molecule has 2 N–H and O–H groups in total. The summed E-state index contributed by atoms with van der Waals surface area (Å²) in [6.07, 6.45) is 9.12. The van der Waals surface area contributed by atoms with Crippen molar-refractivity contribution in [1.29, 1.82) is 0 Å². The van der Waals surface area contributed by atoms with Crippen LogP contribution in [-0.4, -0.2) is 59.4 Å². The third kappa shape index (κ3) is 3.75. The first kappa shape index (κ1) is 21.3. The van der Waals surface area contributed by atoms with Crippen molar-refractivity contribution in [2.24, 2.45) is 0 Å². The smallest absolute Gasteiger partial charge is 0.414 e. The Morgan fingerprint density at radius 2 is 2.09 bits per heavy atom. The molecular formula is C24H32N4O4. The van der Waals surface area contributed by atoms with Crippen molar-refractivity contribution in [3.63, 3.8) is 0 Å². The van der Waals surface area contributed by atoms with Crippen molar-refractivity contribution in [3.8, 4) is 16.9 Å². The lowest BCUT2D eigenvalue weighted by Gasteiger charge is -2.37. The number of aromatic nitrogens is 2. The van der Waals surface area contributed by atoms with Crippen LogP contribution in [0.3, 0.4) is 0 Å². The third-order valence-electron chi connectivity index (χ3n) is 7.12. The number of aliphatic hydroxyl groups excluding tert-OH is 1. The van der Waals surface area contributed by atoms with Crippen LogP contribution in [0.4, 0.5) is 10.5 Å². The highest BCUT2D eigenvalue weighted by atomic mass is 16.5. The highest BCUT2D eigenvalue weighted by Crippen LogP contribution is 2.44. The number of anilines is 1. The van der Waals surface area contributed by atoms with E-state index < -0.39 is 6.10 Å². The molecular weight excluding hydrogens is 408 g/mol. The van der Waals surface area contributed by atoms with Gasteiger partial charge in [0.15, 0.2) is 0 Å². The molecule has 1 aromatic heterocycles. The lowest BCUT2D eigenvalue weighted by atomic mass is 9.91. The van der Waals surface area contributed by atoms with Gasteiger partial charge in [-0.05, 0) is 64.1 Å². The second kappa shape index (κ2) is 8.75. The minimum atomic E-state index is -0.458. The summed E-state index contributed by atoms with van der Waals surface area (Å²) in [6, 6.07) is 4.07. The van der Waals surface area contributed by atoms with Crippen molar-refractivity contribution >= 4 is 11.8 Å². The van der Waals surface area contributed by atoms with Crippen LogP contribution in [0.2, 0.25) is 0 Å². The Kier molecular flexibility index (Phi) is 5.82. The quantitative estimate of drug-likeness (QED) is 0.759. The summed E-state index contributed by atoms with van der Waals surface area (Å²) in [6.45, 7) is 3.50. The minimum absolute atomic E-state index is 0.0331. The van der Waals surface area contributed by atoms with Crippen LogP contribution >= 0.6 is 0 Å². The van der Waals surface area contributed by atoms with Crippen LogP contribution in [0.1, 0.15) is 50.6 Å². The average molecular weight is 441 g/mol. The minimum Gasteiger partial charge on any atom is -0.489 e. The van der Waals surface area contributed by atoms with Crippen LogP contribution in [-0.2, 0) is 11.2 Å². The van der Waals surface area contributed by atoms with Crippen LogP contribution in [0, 0.1) is 0 Å². The fourth-order valence-electron chi connectivity index (χ4n) is 4.99. The number of β-amino-alcohol motifs (C(OH)–C–C–N with tert-alkyl or cyclic N) is 1. The van der Waals surface area contributed by atoms with Gasteiger partial charge in [-0.2, -0.15) is 5.10 Å². The number of fused-ring (bicyclic) bond motifs is 1. The van der Waals surface area contributed by atoms with E-state index in [2.05, 4.69) is 17.3 Å². The molecule has 0 spiro atoms. The second-order valence-electron chi connectivity index (χ2n) is 9.17. The molecule has 2 aromatic rings. The summed E-state index contributed by atoms with van der Waals surface area (Å²) < 4.78 is 13.5. The standard InChI is InChI=1S/C24H32N4O4/c1-15-6-7-19-20(28(15)24(30)31-2)9-8-18(23(19)32-17-4-3-5-17)16-12-26-27(14-16)21-10-11-25-13-22(21)29/h8-9,12,14-15,17,21-22,25,29H,3-7,10-11,13H2,1-2H3. The molecule has 1 saturated heterocycles. The lowest BCUT2D eigenvalue weighted by Crippen LogP contribution is -2.42. The van der Waals surface area contributed by atoms with Crippen molar-refractivity contribution < 1.29 is 19.4 Å². The Morgan fingerprint density at radius 1 is 1.25 bits per heavy atom. The molecule has 2 aliphatic heterocycles. The zero-order chi connectivity index (χ0) is 22.2. The zero-order valence-corrected chi connectivity index (χ0v) is 18.8. The molecule has 1 aliphatic carbocycles. The van der Waals surface area contributed by atoms with Crippen LogP contribution in [0.5, 0.6) is 5.75 Å². The van der Waals surface area contributed by atoms with Crippen molar-refractivity contribution in [3.05, 3.63) is 30.1 Å². The van der Waals surface area contributed by atoms with E-state index in [0.29, 0.717) is 6.54 Å². The molecule has 3 atom stereocenters. The second-order valence-corrected chi connectivity index (χ2v) is 9.17. The lowest BCUT2D eigenvalue weighted by molar-refractivity contribution is 0.0810. The predicted octanol–water partition coefficient (Wildman–Crippen LogP) is 3.28. The maximum Gasteiger partial charge on any atom is 0.414 e. The fourth-order valence-corrected chi connectivity index (χ4v) is 4.99. The van der Waals surface area contributed by atoms with Gasteiger partial charge < -0.3 is 19.9 Å². The number of hydrogen-bond acceptors (Lipinski definition) is 6. The van der Waals surface area contributed by atoms with E-state index in [-0.39, 0.29) is 24.3 Å². The van der Waals surface area contributed by atoms with Gasteiger partial charge in [0.2, 0.25) is 0 Å². The molecule has 8 heteroatoms. The van der Waals surface area contributed by atoms with Crippen LogP contribution in [0.25, 0.3) is 11.1 Å². The third-order valence-corrected chi connectivity index (χ3v) is 7.12. The topological polar surface area (TPSA) is 88.9 Å². The van der Waals surface area contributed by atoms with Gasteiger partial charge in [0.1, 0.15) is 5.75 Å². The number of carbonyl (C=O) groups is 1. The first-order valence-corrected chi connectivity index (χ1v) is 11.7. The van der Waals surface area contributed by atoms with Crippen LogP contribution < -0.4 is 15.0 Å². The highest BCUT2D eigenvalue weighted by molar-refractivity contribution is 5.92. The number of methoxy groups -OCH3 is 1. The molecule has 1 aromatic carbocycles. The number of carbonyl (C=O) groups excluding carboxylic acids is 1. The Balaban J connectivity index is 1.55. The molecule has 172 valence electrons. The highest BCUT2D eigenvalue weighted by Gasteiger charge is 2.34. The first-order valence-electron chi connectivity index (χ1n) is 11.7. The first-order chi connectivity index (χ1) is 15.6. The molecule has 3 heterocycles. The van der Waals surface area contributed by atoms with Gasteiger partial charge in [0.05, 0.1) is 37.2 Å². The van der Waals surface area contributed by atoms with Gasteiger partial charge in [-0.1, -0.05) is 0 Å². The molecule has 1 amide bonds. The molecule has 3 aliphatic rings. The van der Waals surface area contributed by atoms with Gasteiger partial charge in [-0.3, -0.25) is 9.58 Å². The normalized spacial score (nSPS) is 25.7. The predicted molar refractivity (Wildman–Crippen MR) is 121 cm³/mol. The number of ether oxygens (including phenoxy) is 2. The summed E-state index contributed by atoms with van der Waals surface area (Å²) in [7, 11) is 1.42. The van der Waals surface area contributed by atoms with Crippen molar-refractivity contribution in [1.82, 2.24) is 15.1 Å². The average Bonchev–Trinajstić information content (AvgIpc) is 3.25. The van der Waals surface area contributed by atoms with Gasteiger partial charge in [0.25, 0.3) is 0 Å². The maximum atomic E-state index is 12.5. The SMILES string of the molecule is COC(=O)N1c2ccc(-c3cnn(C4CCNCC4O)c3)c(OC3CCC3)c2CCC1C. The Bertz CT molecular complexity index is 986.